The molecule has 1 amide bonds. The highest BCUT2D eigenvalue weighted by atomic mass is 16.5. The molecule has 0 fully saturated rings. The van der Waals surface area contributed by atoms with Gasteiger partial charge in [0.05, 0.1) is 18.7 Å². The molecule has 0 saturated heterocycles. The predicted octanol–water partition coefficient (Wildman–Crippen LogP) is 1.15. The lowest BCUT2D eigenvalue weighted by atomic mass is 10.1. The first-order valence-electron chi connectivity index (χ1n) is 5.39. The van der Waals surface area contributed by atoms with Gasteiger partial charge >= 0.3 is 0 Å². The summed E-state index contributed by atoms with van der Waals surface area (Å²) < 4.78 is 5.54. The van der Waals surface area contributed by atoms with E-state index in [9.17, 15) is 4.79 Å². The number of rotatable bonds is 2. The van der Waals surface area contributed by atoms with Crippen molar-refractivity contribution < 1.29 is 9.53 Å². The van der Waals surface area contributed by atoms with E-state index in [-0.39, 0.29) is 5.91 Å². The van der Waals surface area contributed by atoms with Crippen molar-refractivity contribution in [1.29, 1.82) is 0 Å². The number of ether oxygens (including phenoxy) is 1. The van der Waals surface area contributed by atoms with E-state index in [0.29, 0.717) is 13.0 Å². The van der Waals surface area contributed by atoms with Crippen LogP contribution < -0.4 is 15.0 Å². The maximum Gasteiger partial charge on any atom is 0.230 e. The number of benzene rings is 1. The monoisotopic (exact) mass is 220 g/mol. The third-order valence-electron chi connectivity index (χ3n) is 2.71. The van der Waals surface area contributed by atoms with Crippen molar-refractivity contribution in [3.05, 3.63) is 23.8 Å². The minimum absolute atomic E-state index is 0.0976. The number of nitrogens with one attached hydrogen (secondary N) is 1. The molecule has 1 aliphatic heterocycles. The fraction of sp³-hybridized carbons (Fsp3) is 0.417. The number of amides is 1. The van der Waals surface area contributed by atoms with Crippen molar-refractivity contribution in [2.45, 2.75) is 13.0 Å². The normalized spacial score (nSPS) is 15.4. The van der Waals surface area contributed by atoms with Gasteiger partial charge in [-0.1, -0.05) is 6.07 Å². The Hall–Kier alpha value is -1.55. The van der Waals surface area contributed by atoms with Crippen LogP contribution in [0.4, 0.5) is 5.69 Å². The molecule has 0 bridgehead atoms. The fourth-order valence-electron chi connectivity index (χ4n) is 1.81. The molecule has 0 aliphatic carbocycles. The SMILES string of the molecule is CNCc1ccc2c(c1)N(C)C(=O)CCO2. The Kier molecular flexibility index (Phi) is 3.10. The van der Waals surface area contributed by atoms with Crippen LogP contribution in [-0.4, -0.2) is 26.6 Å². The average Bonchev–Trinajstić information content (AvgIpc) is 2.42. The van der Waals surface area contributed by atoms with E-state index < -0.39 is 0 Å². The fourth-order valence-corrected chi connectivity index (χ4v) is 1.81. The highest BCUT2D eigenvalue weighted by Crippen LogP contribution is 2.31. The van der Waals surface area contributed by atoms with E-state index in [4.69, 9.17) is 4.74 Å². The standard InChI is InChI=1S/C12H16N2O2/c1-13-8-9-3-4-11-10(7-9)14(2)12(15)5-6-16-11/h3-4,7,13H,5-6,8H2,1-2H3. The maximum atomic E-state index is 11.7. The molecule has 16 heavy (non-hydrogen) atoms. The average molecular weight is 220 g/mol. The molecule has 1 aromatic rings. The van der Waals surface area contributed by atoms with Crippen LogP contribution in [0.5, 0.6) is 5.75 Å². The van der Waals surface area contributed by atoms with Crippen molar-refractivity contribution in [3.63, 3.8) is 0 Å². The summed E-state index contributed by atoms with van der Waals surface area (Å²) in [6.07, 6.45) is 0.437. The molecule has 1 N–H and O–H groups in total. The summed E-state index contributed by atoms with van der Waals surface area (Å²) in [6, 6.07) is 5.94. The summed E-state index contributed by atoms with van der Waals surface area (Å²) in [5.74, 6) is 0.883. The van der Waals surface area contributed by atoms with Crippen molar-refractivity contribution in [2.75, 3.05) is 25.6 Å². The molecule has 1 aromatic carbocycles. The van der Waals surface area contributed by atoms with Crippen molar-refractivity contribution >= 4 is 11.6 Å². The number of anilines is 1. The molecule has 0 radical (unpaired) electrons. The zero-order valence-corrected chi connectivity index (χ0v) is 9.62. The van der Waals surface area contributed by atoms with Crippen molar-refractivity contribution in [1.82, 2.24) is 5.32 Å². The second kappa shape index (κ2) is 4.53. The van der Waals surface area contributed by atoms with E-state index in [1.54, 1.807) is 11.9 Å². The van der Waals surface area contributed by atoms with Crippen LogP contribution in [0, 0.1) is 0 Å². The number of hydrogen-bond acceptors (Lipinski definition) is 3. The van der Waals surface area contributed by atoms with Gasteiger partial charge in [-0.3, -0.25) is 4.79 Å². The highest BCUT2D eigenvalue weighted by Gasteiger charge is 2.19. The van der Waals surface area contributed by atoms with E-state index in [2.05, 4.69) is 5.32 Å². The Balaban J connectivity index is 2.38. The summed E-state index contributed by atoms with van der Waals surface area (Å²) in [4.78, 5) is 13.3. The molecule has 4 nitrogen and oxygen atoms in total. The number of nitrogens with zero attached hydrogens (tertiary/aromatic N) is 1. The second-order valence-electron chi connectivity index (χ2n) is 3.88. The number of fused-ring (bicyclic) bond motifs is 1. The van der Waals surface area contributed by atoms with Gasteiger partial charge in [0.2, 0.25) is 5.91 Å². The van der Waals surface area contributed by atoms with Gasteiger partial charge < -0.3 is 15.0 Å². The van der Waals surface area contributed by atoms with Gasteiger partial charge in [-0.15, -0.1) is 0 Å². The number of hydrogen-bond donors (Lipinski definition) is 1. The Labute approximate surface area is 95.2 Å². The molecule has 86 valence electrons. The second-order valence-corrected chi connectivity index (χ2v) is 3.88. The first-order chi connectivity index (χ1) is 7.72. The van der Waals surface area contributed by atoms with Crippen LogP contribution in [0.3, 0.4) is 0 Å². The van der Waals surface area contributed by atoms with Crippen LogP contribution >= 0.6 is 0 Å². The minimum atomic E-state index is 0.0976. The van der Waals surface area contributed by atoms with Gasteiger partial charge in [0.15, 0.2) is 0 Å². The topological polar surface area (TPSA) is 41.6 Å². The Bertz CT molecular complexity index is 404. The molecule has 1 heterocycles. The van der Waals surface area contributed by atoms with Crippen LogP contribution in [-0.2, 0) is 11.3 Å². The molecule has 2 rings (SSSR count). The summed E-state index contributed by atoms with van der Waals surface area (Å²) >= 11 is 0. The lowest BCUT2D eigenvalue weighted by molar-refractivity contribution is -0.118. The lowest BCUT2D eigenvalue weighted by Gasteiger charge is -2.17. The quantitative estimate of drug-likeness (QED) is 0.813. The van der Waals surface area contributed by atoms with Gasteiger partial charge in [-0.05, 0) is 24.7 Å². The lowest BCUT2D eigenvalue weighted by Crippen LogP contribution is -2.25. The van der Waals surface area contributed by atoms with Crippen LogP contribution in [0.25, 0.3) is 0 Å². The largest absolute Gasteiger partial charge is 0.491 e. The van der Waals surface area contributed by atoms with Gasteiger partial charge in [-0.2, -0.15) is 0 Å². The molecule has 0 saturated carbocycles. The third-order valence-corrected chi connectivity index (χ3v) is 2.71. The van der Waals surface area contributed by atoms with Crippen LogP contribution in [0.1, 0.15) is 12.0 Å². The smallest absolute Gasteiger partial charge is 0.230 e. The van der Waals surface area contributed by atoms with E-state index in [0.717, 1.165) is 23.5 Å². The van der Waals surface area contributed by atoms with Gasteiger partial charge in [0.25, 0.3) is 0 Å². The van der Waals surface area contributed by atoms with Gasteiger partial charge in [-0.25, -0.2) is 0 Å². The maximum absolute atomic E-state index is 11.7. The van der Waals surface area contributed by atoms with E-state index in [1.807, 2.05) is 25.2 Å². The molecule has 4 heteroatoms. The summed E-state index contributed by atoms with van der Waals surface area (Å²) in [7, 11) is 3.69. The van der Waals surface area contributed by atoms with Crippen molar-refractivity contribution in [3.8, 4) is 5.75 Å². The van der Waals surface area contributed by atoms with E-state index in [1.165, 1.54) is 0 Å². The molecule has 0 unspecified atom stereocenters. The van der Waals surface area contributed by atoms with Crippen LogP contribution in [0.15, 0.2) is 18.2 Å². The highest BCUT2D eigenvalue weighted by molar-refractivity contribution is 5.95. The first kappa shape index (κ1) is 11.0. The Morgan fingerprint density at radius 3 is 3.06 bits per heavy atom. The van der Waals surface area contributed by atoms with Gasteiger partial charge in [0, 0.05) is 13.6 Å². The third kappa shape index (κ3) is 2.02. The molecule has 0 atom stereocenters. The van der Waals surface area contributed by atoms with Crippen molar-refractivity contribution in [2.24, 2.45) is 0 Å². The summed E-state index contributed by atoms with van der Waals surface area (Å²) in [5.41, 5.74) is 2.00. The Morgan fingerprint density at radius 1 is 1.50 bits per heavy atom. The Morgan fingerprint density at radius 2 is 2.31 bits per heavy atom. The summed E-state index contributed by atoms with van der Waals surface area (Å²) in [5, 5.41) is 3.09. The first-order valence-corrected chi connectivity index (χ1v) is 5.39. The van der Waals surface area contributed by atoms with E-state index >= 15 is 0 Å². The van der Waals surface area contributed by atoms with Crippen LogP contribution in [0.2, 0.25) is 0 Å². The molecular weight excluding hydrogens is 204 g/mol. The predicted molar refractivity (Wildman–Crippen MR) is 62.7 cm³/mol. The molecule has 0 aromatic heterocycles. The number of carbonyl (C=O) groups excluding carboxylic acids is 1. The minimum Gasteiger partial charge on any atom is -0.491 e. The zero-order chi connectivity index (χ0) is 11.5. The molecule has 1 aliphatic rings. The number of carbonyl (C=O) groups is 1. The zero-order valence-electron chi connectivity index (χ0n) is 9.62. The van der Waals surface area contributed by atoms with Gasteiger partial charge in [0.1, 0.15) is 5.75 Å². The molecular formula is C12H16N2O2. The summed E-state index contributed by atoms with van der Waals surface area (Å²) in [6.45, 7) is 1.25. The molecule has 0 spiro atoms.